The second-order valence-corrected chi connectivity index (χ2v) is 6.59. The van der Waals surface area contributed by atoms with Crippen LogP contribution in [-0.4, -0.2) is 29.8 Å². The van der Waals surface area contributed by atoms with Crippen molar-refractivity contribution in [1.29, 1.82) is 0 Å². The molecule has 2 amide bonds. The number of nitro groups is 1. The molecule has 1 N–H and O–H groups in total. The van der Waals surface area contributed by atoms with Gasteiger partial charge >= 0.3 is 0 Å². The SMILES string of the molecule is O=C(NCC1CC(=O)N(c2ccc(F)cc2)C1)c1ccc(Cl)c([N+](=O)[O-])c1. The summed E-state index contributed by atoms with van der Waals surface area (Å²) in [4.78, 5) is 36.2. The van der Waals surface area contributed by atoms with E-state index in [1.807, 2.05) is 0 Å². The molecule has 0 bridgehead atoms. The van der Waals surface area contributed by atoms with Crippen LogP contribution in [0.25, 0.3) is 0 Å². The highest BCUT2D eigenvalue weighted by Gasteiger charge is 2.31. The Morgan fingerprint density at radius 2 is 2.00 bits per heavy atom. The number of halogens is 2. The molecule has 1 aliphatic rings. The van der Waals surface area contributed by atoms with Crippen LogP contribution in [0.1, 0.15) is 16.8 Å². The molecule has 1 unspecified atom stereocenters. The maximum absolute atomic E-state index is 13.0. The molecule has 1 atom stereocenters. The number of carbonyl (C=O) groups is 2. The van der Waals surface area contributed by atoms with Crippen molar-refractivity contribution >= 4 is 34.8 Å². The molecule has 0 radical (unpaired) electrons. The summed E-state index contributed by atoms with van der Waals surface area (Å²) in [5.41, 5.74) is 0.372. The smallest absolute Gasteiger partial charge is 0.288 e. The summed E-state index contributed by atoms with van der Waals surface area (Å²) in [6, 6.07) is 9.43. The summed E-state index contributed by atoms with van der Waals surface area (Å²) in [5, 5.41) is 13.6. The molecule has 9 heteroatoms. The first-order chi connectivity index (χ1) is 12.8. The molecule has 1 saturated heterocycles. The molecule has 140 valence electrons. The third-order valence-corrected chi connectivity index (χ3v) is 4.62. The average molecular weight is 392 g/mol. The molecule has 0 aromatic heterocycles. The van der Waals surface area contributed by atoms with Gasteiger partial charge in [0.1, 0.15) is 10.8 Å². The predicted octanol–water partition coefficient (Wildman–Crippen LogP) is 3.17. The lowest BCUT2D eigenvalue weighted by Gasteiger charge is -2.17. The molecule has 1 heterocycles. The van der Waals surface area contributed by atoms with Crippen molar-refractivity contribution in [2.75, 3.05) is 18.0 Å². The quantitative estimate of drug-likeness (QED) is 0.625. The Labute approximate surface area is 158 Å². The van der Waals surface area contributed by atoms with Crippen LogP contribution in [0.4, 0.5) is 15.8 Å². The zero-order valence-corrected chi connectivity index (χ0v) is 14.8. The maximum atomic E-state index is 13.0. The summed E-state index contributed by atoms with van der Waals surface area (Å²) in [6.45, 7) is 0.629. The summed E-state index contributed by atoms with van der Waals surface area (Å²) in [6.07, 6.45) is 0.248. The summed E-state index contributed by atoms with van der Waals surface area (Å²) < 4.78 is 13.0. The highest BCUT2D eigenvalue weighted by molar-refractivity contribution is 6.32. The van der Waals surface area contributed by atoms with E-state index in [0.717, 1.165) is 6.07 Å². The van der Waals surface area contributed by atoms with Crippen LogP contribution in [0.5, 0.6) is 0 Å². The number of amides is 2. The Bertz CT molecular complexity index is 904. The minimum atomic E-state index is -0.657. The van der Waals surface area contributed by atoms with Gasteiger partial charge in [-0.1, -0.05) is 11.6 Å². The molecule has 0 saturated carbocycles. The average Bonchev–Trinajstić information content (AvgIpc) is 3.01. The Morgan fingerprint density at radius 1 is 1.30 bits per heavy atom. The van der Waals surface area contributed by atoms with E-state index >= 15 is 0 Å². The topological polar surface area (TPSA) is 92.6 Å². The molecule has 2 aromatic carbocycles. The van der Waals surface area contributed by atoms with E-state index in [1.165, 1.54) is 36.4 Å². The van der Waals surface area contributed by atoms with E-state index in [4.69, 9.17) is 11.6 Å². The van der Waals surface area contributed by atoms with E-state index in [-0.39, 0.29) is 46.9 Å². The molecular weight excluding hydrogens is 377 g/mol. The number of rotatable bonds is 5. The van der Waals surface area contributed by atoms with Gasteiger partial charge in [-0.2, -0.15) is 0 Å². The number of nitrogens with one attached hydrogen (secondary N) is 1. The monoisotopic (exact) mass is 391 g/mol. The van der Waals surface area contributed by atoms with Gasteiger partial charge in [0.2, 0.25) is 5.91 Å². The maximum Gasteiger partial charge on any atom is 0.288 e. The van der Waals surface area contributed by atoms with Crippen molar-refractivity contribution < 1.29 is 18.9 Å². The number of carbonyl (C=O) groups excluding carboxylic acids is 2. The fourth-order valence-corrected chi connectivity index (χ4v) is 3.11. The summed E-state index contributed by atoms with van der Waals surface area (Å²) >= 11 is 5.74. The lowest BCUT2D eigenvalue weighted by Crippen LogP contribution is -2.31. The number of hydrogen-bond donors (Lipinski definition) is 1. The molecule has 3 rings (SSSR count). The fraction of sp³-hybridized carbons (Fsp3) is 0.222. The van der Waals surface area contributed by atoms with Crippen LogP contribution in [0.15, 0.2) is 42.5 Å². The van der Waals surface area contributed by atoms with Crippen molar-refractivity contribution in [3.05, 3.63) is 69.0 Å². The van der Waals surface area contributed by atoms with Gasteiger partial charge in [0, 0.05) is 42.7 Å². The predicted molar refractivity (Wildman–Crippen MR) is 97.3 cm³/mol. The van der Waals surface area contributed by atoms with E-state index in [1.54, 1.807) is 4.90 Å². The van der Waals surface area contributed by atoms with E-state index in [2.05, 4.69) is 5.32 Å². The first-order valence-electron chi connectivity index (χ1n) is 8.13. The van der Waals surface area contributed by atoms with Gasteiger partial charge < -0.3 is 10.2 Å². The fourth-order valence-electron chi connectivity index (χ4n) is 2.92. The number of benzene rings is 2. The molecule has 7 nitrogen and oxygen atoms in total. The van der Waals surface area contributed by atoms with Crippen LogP contribution in [0.3, 0.4) is 0 Å². The van der Waals surface area contributed by atoms with Crippen LogP contribution in [-0.2, 0) is 4.79 Å². The van der Waals surface area contributed by atoms with Crippen LogP contribution in [0, 0.1) is 21.8 Å². The van der Waals surface area contributed by atoms with Crippen molar-refractivity contribution in [3.63, 3.8) is 0 Å². The van der Waals surface area contributed by atoms with Gasteiger partial charge in [0.15, 0.2) is 0 Å². The highest BCUT2D eigenvalue weighted by Crippen LogP contribution is 2.26. The van der Waals surface area contributed by atoms with Gasteiger partial charge in [-0.05, 0) is 36.4 Å². The van der Waals surface area contributed by atoms with Gasteiger partial charge in [-0.25, -0.2) is 4.39 Å². The molecular formula is C18H15ClFN3O4. The van der Waals surface area contributed by atoms with E-state index < -0.39 is 10.8 Å². The Hall–Kier alpha value is -3.00. The van der Waals surface area contributed by atoms with Gasteiger partial charge in [-0.3, -0.25) is 19.7 Å². The largest absolute Gasteiger partial charge is 0.352 e. The Balaban J connectivity index is 1.61. The molecule has 27 heavy (non-hydrogen) atoms. The minimum Gasteiger partial charge on any atom is -0.352 e. The van der Waals surface area contributed by atoms with E-state index in [9.17, 15) is 24.1 Å². The second-order valence-electron chi connectivity index (χ2n) is 6.18. The third-order valence-electron chi connectivity index (χ3n) is 4.30. The van der Waals surface area contributed by atoms with Crippen molar-refractivity contribution in [1.82, 2.24) is 5.32 Å². The van der Waals surface area contributed by atoms with Gasteiger partial charge in [0.25, 0.3) is 11.6 Å². The minimum absolute atomic E-state index is 0.0483. The number of anilines is 1. The summed E-state index contributed by atoms with van der Waals surface area (Å²) in [5.74, 6) is -1.09. The van der Waals surface area contributed by atoms with Gasteiger partial charge in [-0.15, -0.1) is 0 Å². The normalized spacial score (nSPS) is 16.4. The van der Waals surface area contributed by atoms with Crippen molar-refractivity contribution in [3.8, 4) is 0 Å². The standard InChI is InChI=1S/C18H15ClFN3O4/c19-15-6-1-12(8-16(15)23(26)27)18(25)21-9-11-7-17(24)22(10-11)14-4-2-13(20)3-5-14/h1-6,8,11H,7,9-10H2,(H,21,25). The number of nitrogens with zero attached hydrogens (tertiary/aromatic N) is 2. The van der Waals surface area contributed by atoms with Crippen LogP contribution in [0.2, 0.25) is 5.02 Å². The van der Waals surface area contributed by atoms with Crippen molar-refractivity contribution in [2.24, 2.45) is 5.92 Å². The molecule has 1 fully saturated rings. The van der Waals surface area contributed by atoms with Gasteiger partial charge in [0.05, 0.1) is 4.92 Å². The second kappa shape index (κ2) is 7.71. The molecule has 2 aromatic rings. The molecule has 1 aliphatic heterocycles. The molecule has 0 aliphatic carbocycles. The van der Waals surface area contributed by atoms with Crippen LogP contribution < -0.4 is 10.2 Å². The summed E-state index contributed by atoms with van der Waals surface area (Å²) in [7, 11) is 0. The Morgan fingerprint density at radius 3 is 2.67 bits per heavy atom. The zero-order chi connectivity index (χ0) is 19.6. The lowest BCUT2D eigenvalue weighted by molar-refractivity contribution is -0.384. The van der Waals surface area contributed by atoms with Crippen LogP contribution >= 0.6 is 11.6 Å². The first kappa shape index (κ1) is 18.8. The first-order valence-corrected chi connectivity index (χ1v) is 8.51. The molecule has 0 spiro atoms. The highest BCUT2D eigenvalue weighted by atomic mass is 35.5. The zero-order valence-electron chi connectivity index (χ0n) is 14.0. The van der Waals surface area contributed by atoms with E-state index in [0.29, 0.717) is 12.2 Å². The lowest BCUT2D eigenvalue weighted by atomic mass is 10.1. The number of hydrogen-bond acceptors (Lipinski definition) is 4. The van der Waals surface area contributed by atoms with Crippen molar-refractivity contribution in [2.45, 2.75) is 6.42 Å². The Kier molecular flexibility index (Phi) is 5.36. The number of nitro benzene ring substituents is 1. The third kappa shape index (κ3) is 4.22.